The minimum Gasteiger partial charge on any atom is -0.494 e. The summed E-state index contributed by atoms with van der Waals surface area (Å²) in [4.78, 5) is 0. The van der Waals surface area contributed by atoms with Crippen LogP contribution < -0.4 is 10.1 Å². The maximum atomic E-state index is 13.8. The Morgan fingerprint density at radius 3 is 3.12 bits per heavy atom. The summed E-state index contributed by atoms with van der Waals surface area (Å²) in [6.45, 7) is 3.06. The van der Waals surface area contributed by atoms with Crippen LogP contribution in [0.15, 0.2) is 18.2 Å². The smallest absolute Gasteiger partial charge is 0.169 e. The van der Waals surface area contributed by atoms with Gasteiger partial charge >= 0.3 is 0 Å². The topological polar surface area (TPSA) is 30.5 Å². The molecule has 4 heteroatoms. The molecule has 1 aliphatic heterocycles. The van der Waals surface area contributed by atoms with Crippen molar-refractivity contribution in [3.05, 3.63) is 29.6 Å². The van der Waals surface area contributed by atoms with Gasteiger partial charge in [0.05, 0.1) is 13.7 Å². The van der Waals surface area contributed by atoms with Gasteiger partial charge in [0.2, 0.25) is 0 Å². The van der Waals surface area contributed by atoms with Crippen molar-refractivity contribution < 1.29 is 13.9 Å². The van der Waals surface area contributed by atoms with Gasteiger partial charge in [0.15, 0.2) is 11.6 Å². The first-order valence-electron chi connectivity index (χ1n) is 5.91. The van der Waals surface area contributed by atoms with Gasteiger partial charge in [-0.1, -0.05) is 12.1 Å². The number of hydrogen-bond acceptors (Lipinski definition) is 3. The molecule has 1 heterocycles. The van der Waals surface area contributed by atoms with E-state index in [4.69, 9.17) is 9.47 Å². The minimum absolute atomic E-state index is 0.273. The van der Waals surface area contributed by atoms with Crippen LogP contribution in [0.3, 0.4) is 0 Å². The maximum absolute atomic E-state index is 13.8. The summed E-state index contributed by atoms with van der Waals surface area (Å²) in [5.41, 5.74) is 0.642. The standard InChI is InChI=1S/C13H18FNO2/c1-16-12-4-2-3-11(13(12)14)8-15-7-10-5-6-17-9-10/h2-4,10,15H,5-9H2,1H3. The molecule has 1 fully saturated rings. The molecule has 0 spiro atoms. The van der Waals surface area contributed by atoms with Crippen LogP contribution in [0.1, 0.15) is 12.0 Å². The van der Waals surface area contributed by atoms with Crippen LogP contribution in [0, 0.1) is 11.7 Å². The van der Waals surface area contributed by atoms with Crippen molar-refractivity contribution in [3.63, 3.8) is 0 Å². The van der Waals surface area contributed by atoms with Gasteiger partial charge in [-0.25, -0.2) is 4.39 Å². The summed E-state index contributed by atoms with van der Waals surface area (Å²) >= 11 is 0. The van der Waals surface area contributed by atoms with Gasteiger partial charge in [-0.2, -0.15) is 0 Å². The second kappa shape index (κ2) is 5.98. The third-order valence-electron chi connectivity index (χ3n) is 3.04. The third kappa shape index (κ3) is 3.17. The molecule has 94 valence electrons. The molecular weight excluding hydrogens is 221 g/mol. The van der Waals surface area contributed by atoms with E-state index in [0.717, 1.165) is 26.2 Å². The fourth-order valence-electron chi connectivity index (χ4n) is 2.01. The fourth-order valence-corrected chi connectivity index (χ4v) is 2.01. The number of ether oxygens (including phenoxy) is 2. The zero-order chi connectivity index (χ0) is 12.1. The van der Waals surface area contributed by atoms with Crippen molar-refractivity contribution in [2.75, 3.05) is 26.9 Å². The second-order valence-electron chi connectivity index (χ2n) is 4.29. The lowest BCUT2D eigenvalue weighted by molar-refractivity contribution is 0.185. The summed E-state index contributed by atoms with van der Waals surface area (Å²) in [5, 5.41) is 3.26. The lowest BCUT2D eigenvalue weighted by Crippen LogP contribution is -2.23. The molecule has 1 aromatic rings. The molecule has 1 N–H and O–H groups in total. The van der Waals surface area contributed by atoms with E-state index in [-0.39, 0.29) is 5.82 Å². The van der Waals surface area contributed by atoms with Crippen molar-refractivity contribution >= 4 is 0 Å². The van der Waals surface area contributed by atoms with E-state index in [0.29, 0.717) is 23.8 Å². The van der Waals surface area contributed by atoms with Crippen LogP contribution in [0.5, 0.6) is 5.75 Å². The van der Waals surface area contributed by atoms with Crippen LogP contribution in [-0.4, -0.2) is 26.9 Å². The average molecular weight is 239 g/mol. The van der Waals surface area contributed by atoms with E-state index in [9.17, 15) is 4.39 Å². The highest BCUT2D eigenvalue weighted by molar-refractivity contribution is 5.30. The van der Waals surface area contributed by atoms with Crippen LogP contribution >= 0.6 is 0 Å². The Morgan fingerprint density at radius 2 is 2.41 bits per heavy atom. The highest BCUT2D eigenvalue weighted by Gasteiger charge is 2.15. The first kappa shape index (κ1) is 12.3. The van der Waals surface area contributed by atoms with Crippen LogP contribution in [-0.2, 0) is 11.3 Å². The first-order chi connectivity index (χ1) is 8.31. The molecule has 1 saturated heterocycles. The highest BCUT2D eigenvalue weighted by atomic mass is 19.1. The number of halogens is 1. The molecular formula is C13H18FNO2. The number of nitrogens with one attached hydrogen (secondary N) is 1. The molecule has 1 atom stereocenters. The Balaban J connectivity index is 1.85. The zero-order valence-corrected chi connectivity index (χ0v) is 10.0. The van der Waals surface area contributed by atoms with Crippen molar-refractivity contribution in [3.8, 4) is 5.75 Å². The fraction of sp³-hybridized carbons (Fsp3) is 0.538. The molecule has 3 nitrogen and oxygen atoms in total. The van der Waals surface area contributed by atoms with Crippen molar-refractivity contribution in [2.24, 2.45) is 5.92 Å². The Hall–Kier alpha value is -1.13. The van der Waals surface area contributed by atoms with Gasteiger partial charge in [0, 0.05) is 25.3 Å². The Labute approximate surface area is 101 Å². The summed E-state index contributed by atoms with van der Waals surface area (Å²) in [6, 6.07) is 5.21. The SMILES string of the molecule is COc1cccc(CNCC2CCOC2)c1F. The summed E-state index contributed by atoms with van der Waals surface area (Å²) < 4.78 is 24.0. The normalized spacial score (nSPS) is 19.5. The van der Waals surface area contributed by atoms with Gasteiger partial charge in [0.25, 0.3) is 0 Å². The Morgan fingerprint density at radius 1 is 1.53 bits per heavy atom. The summed E-state index contributed by atoms with van der Waals surface area (Å²) in [7, 11) is 1.48. The van der Waals surface area contributed by atoms with Crippen LogP contribution in [0.4, 0.5) is 4.39 Å². The number of hydrogen-bond donors (Lipinski definition) is 1. The molecule has 0 bridgehead atoms. The molecule has 1 aliphatic rings. The molecule has 17 heavy (non-hydrogen) atoms. The molecule has 0 saturated carbocycles. The average Bonchev–Trinajstić information content (AvgIpc) is 2.84. The van der Waals surface area contributed by atoms with Crippen LogP contribution in [0.2, 0.25) is 0 Å². The van der Waals surface area contributed by atoms with Gasteiger partial charge in [0.1, 0.15) is 0 Å². The number of rotatable bonds is 5. The third-order valence-corrected chi connectivity index (χ3v) is 3.04. The largest absolute Gasteiger partial charge is 0.494 e. The molecule has 1 unspecified atom stereocenters. The molecule has 0 amide bonds. The zero-order valence-electron chi connectivity index (χ0n) is 10.0. The quantitative estimate of drug-likeness (QED) is 0.852. The van der Waals surface area contributed by atoms with Crippen molar-refractivity contribution in [1.82, 2.24) is 5.32 Å². The highest BCUT2D eigenvalue weighted by Crippen LogP contribution is 2.20. The molecule has 0 radical (unpaired) electrons. The van der Waals surface area contributed by atoms with Gasteiger partial charge in [-0.15, -0.1) is 0 Å². The monoisotopic (exact) mass is 239 g/mol. The second-order valence-corrected chi connectivity index (χ2v) is 4.29. The minimum atomic E-state index is -0.273. The molecule has 0 aromatic heterocycles. The Bertz CT molecular complexity index is 364. The van der Waals surface area contributed by atoms with E-state index in [1.807, 2.05) is 0 Å². The molecule has 1 aromatic carbocycles. The van der Waals surface area contributed by atoms with Crippen molar-refractivity contribution in [2.45, 2.75) is 13.0 Å². The van der Waals surface area contributed by atoms with E-state index < -0.39 is 0 Å². The van der Waals surface area contributed by atoms with Gasteiger partial charge < -0.3 is 14.8 Å². The lowest BCUT2D eigenvalue weighted by atomic mass is 10.1. The van der Waals surface area contributed by atoms with Gasteiger partial charge in [-0.3, -0.25) is 0 Å². The maximum Gasteiger partial charge on any atom is 0.169 e. The van der Waals surface area contributed by atoms with Crippen molar-refractivity contribution in [1.29, 1.82) is 0 Å². The van der Waals surface area contributed by atoms with E-state index >= 15 is 0 Å². The van der Waals surface area contributed by atoms with E-state index in [2.05, 4.69) is 5.32 Å². The number of methoxy groups -OCH3 is 1. The first-order valence-corrected chi connectivity index (χ1v) is 5.91. The Kier molecular flexibility index (Phi) is 4.34. The summed E-state index contributed by atoms with van der Waals surface area (Å²) in [6.07, 6.45) is 1.09. The van der Waals surface area contributed by atoms with E-state index in [1.54, 1.807) is 18.2 Å². The predicted octanol–water partition coefficient (Wildman–Crippen LogP) is 1.96. The molecule has 2 rings (SSSR count). The number of benzene rings is 1. The van der Waals surface area contributed by atoms with E-state index in [1.165, 1.54) is 7.11 Å². The van der Waals surface area contributed by atoms with Gasteiger partial charge in [-0.05, 0) is 18.4 Å². The summed E-state index contributed by atoms with van der Waals surface area (Å²) in [5.74, 6) is 0.586. The van der Waals surface area contributed by atoms with Crippen LogP contribution in [0.25, 0.3) is 0 Å². The predicted molar refractivity (Wildman–Crippen MR) is 63.6 cm³/mol. The molecule has 0 aliphatic carbocycles. The lowest BCUT2D eigenvalue weighted by Gasteiger charge is -2.11.